The number of aliphatic hydroxyl groups excluding tert-OH is 3. The number of aryl methyl sites for hydroxylation is 1. The van der Waals surface area contributed by atoms with Crippen LogP contribution >= 0.6 is 0 Å². The van der Waals surface area contributed by atoms with Crippen LogP contribution < -0.4 is 38.9 Å². The Labute approximate surface area is 673 Å². The Bertz CT molecular complexity index is 5220. The summed E-state index contributed by atoms with van der Waals surface area (Å²) >= 11 is 0. The van der Waals surface area contributed by atoms with Crippen LogP contribution in [0.1, 0.15) is 92.3 Å². The largest absolute Gasteiger partial charge is 0.508 e. The van der Waals surface area contributed by atoms with Crippen LogP contribution in [0.25, 0.3) is 50.5 Å². The minimum atomic E-state index is -0.398. The van der Waals surface area contributed by atoms with Gasteiger partial charge < -0.3 is 59.3 Å². The average molecular weight is 1530 g/mol. The second-order valence-corrected chi connectivity index (χ2v) is 28.9. The van der Waals surface area contributed by atoms with E-state index < -0.39 is 4.92 Å². The molecule has 6 atom stereocenters. The maximum atomic E-state index is 13.4. The molecule has 0 aromatic heterocycles. The highest BCUT2D eigenvalue weighted by molar-refractivity contribution is 5.96. The number of rotatable bonds is 32. The molecule has 0 saturated heterocycles. The molecule has 12 aromatic carbocycles. The van der Waals surface area contributed by atoms with E-state index in [1.165, 1.54) is 6.07 Å². The lowest BCUT2D eigenvalue weighted by atomic mass is 9.88. The molecule has 17 nitrogen and oxygen atoms in total. The summed E-state index contributed by atoms with van der Waals surface area (Å²) in [5.41, 5.74) is 42.2. The molecule has 17 heteroatoms. The van der Waals surface area contributed by atoms with Crippen molar-refractivity contribution in [2.45, 2.75) is 70.1 Å². The number of aromatic hydroxyl groups is 1. The highest BCUT2D eigenvalue weighted by atomic mass is 16.6. The zero-order chi connectivity index (χ0) is 81.8. The first-order chi connectivity index (χ1) is 55.6. The molecule has 12 aromatic rings. The van der Waals surface area contributed by atoms with E-state index in [2.05, 4.69) is 35.7 Å². The standard InChI is InChI=1S/C33H33N3O4.C33H35N3O2.C32H32N2O3/c1-22-11-16-30(32(17-22)36(39)40)26-12-14-27(15-13-26)33(38)35-31(20-24-7-4-3-5-8-24)29(21-37)19-25-9-6-10-28(18-25)23(2)34;1-23(35)30-9-5-8-26(18-30)19-31(22-37)32(20-24-6-3-2-4-7-24)36-33(38)29-16-14-28(15-17-29)27-12-10-25(21-34)11-13-27;1-22(33)28-9-5-8-24(18-28)19-29(21-35)31(20-23-6-3-2-4-7-23)34-32(37)27-12-10-25(11-13-27)26-14-16-30(36)17-15-26/h3-18,29,31,37H,2,19-21,34H2,1H3,(H,35,38);2-18,31-32,37H,1,19-22,34-35H2,(H,36,38);2-18,29,31,35-36H,1,19-21,33H2,(H,34,37). The molecule has 0 heterocycles. The highest BCUT2D eigenvalue weighted by Crippen LogP contribution is 2.32. The van der Waals surface area contributed by atoms with E-state index in [0.29, 0.717) is 90.0 Å². The molecule has 12 rings (SSSR count). The molecule has 3 amide bonds. The Balaban J connectivity index is 0.000000182. The van der Waals surface area contributed by atoms with Crippen LogP contribution in [0.4, 0.5) is 5.69 Å². The number of carbonyl (C=O) groups is 3. The van der Waals surface area contributed by atoms with Crippen LogP contribution in [-0.4, -0.2) is 81.0 Å². The number of phenols is 1. The third-order valence-electron chi connectivity index (χ3n) is 20.5. The van der Waals surface area contributed by atoms with Crippen LogP contribution in [0.3, 0.4) is 0 Å². The number of amides is 3. The van der Waals surface area contributed by atoms with Crippen molar-refractivity contribution >= 4 is 40.5 Å². The Morgan fingerprint density at radius 2 is 0.652 bits per heavy atom. The molecular weight excluding hydrogens is 1430 g/mol. The summed E-state index contributed by atoms with van der Waals surface area (Å²) in [7, 11) is 0. The number of hydrogen-bond donors (Lipinski definition) is 11. The second kappa shape index (κ2) is 41.8. The summed E-state index contributed by atoms with van der Waals surface area (Å²) in [6.07, 6.45) is 3.43. The van der Waals surface area contributed by atoms with E-state index in [9.17, 15) is 44.9 Å². The first kappa shape index (κ1) is 84.2. The monoisotopic (exact) mass is 1530 g/mol. The quantitative estimate of drug-likeness (QED) is 0.0138. The first-order valence-corrected chi connectivity index (χ1v) is 38.3. The Morgan fingerprint density at radius 3 is 0.948 bits per heavy atom. The molecular formula is C98H100N8O9. The minimum absolute atomic E-state index is 0.0215. The van der Waals surface area contributed by atoms with Crippen molar-refractivity contribution in [2.75, 3.05) is 19.8 Å². The number of nitrogens with two attached hydrogens (primary N) is 4. The summed E-state index contributed by atoms with van der Waals surface area (Å²) in [5.74, 6) is -1.10. The molecule has 0 fully saturated rings. The van der Waals surface area contributed by atoms with E-state index in [1.54, 1.807) is 61.5 Å². The maximum Gasteiger partial charge on any atom is 0.277 e. The number of benzene rings is 12. The molecule has 0 bridgehead atoms. The fraction of sp³-hybridized carbons (Fsp3) is 0.173. The van der Waals surface area contributed by atoms with Crippen molar-refractivity contribution in [2.24, 2.45) is 40.7 Å². The van der Waals surface area contributed by atoms with E-state index in [4.69, 9.17) is 22.9 Å². The van der Waals surface area contributed by atoms with Crippen molar-refractivity contribution < 1.29 is 39.7 Å². The SMILES string of the molecule is C=C(N)c1cccc(CC(CO)C(Cc2ccccc2)NC(=O)c2ccc(-c3ccc(C)cc3[N+](=O)[O-])cc2)c1.C=C(N)c1cccc(CC(CO)C(Cc2ccccc2)NC(=O)c2ccc(-c3ccc(CN)cc3)cc2)c1.C=C(N)c1cccc(CC(CO)C(Cc2ccccc2)NC(=O)c2ccc(-c3ccc(O)cc3)cc2)c1. The number of hydrogen-bond acceptors (Lipinski definition) is 13. The average Bonchev–Trinajstić information content (AvgIpc) is 0.816. The van der Waals surface area contributed by atoms with Gasteiger partial charge in [-0.25, -0.2) is 0 Å². The van der Waals surface area contributed by atoms with Gasteiger partial charge in [0.25, 0.3) is 23.4 Å². The molecule has 0 radical (unpaired) electrons. The molecule has 0 saturated carbocycles. The summed E-state index contributed by atoms with van der Waals surface area (Å²) in [6, 6.07) is 94.1. The van der Waals surface area contributed by atoms with Crippen molar-refractivity contribution in [1.29, 1.82) is 0 Å². The van der Waals surface area contributed by atoms with Crippen molar-refractivity contribution in [3.05, 3.63) is 411 Å². The molecule has 6 unspecified atom stereocenters. The molecule has 586 valence electrons. The summed E-state index contributed by atoms with van der Waals surface area (Å²) in [5, 5.41) is 61.8. The number of nitro groups is 1. The lowest BCUT2D eigenvalue weighted by Gasteiger charge is -2.27. The first-order valence-electron chi connectivity index (χ1n) is 38.3. The number of phenolic OH excluding ortho intramolecular Hbond substituents is 1. The van der Waals surface area contributed by atoms with Gasteiger partial charge in [0, 0.05) is 102 Å². The van der Waals surface area contributed by atoms with Gasteiger partial charge in [-0.15, -0.1) is 0 Å². The molecule has 0 aliphatic rings. The molecule has 115 heavy (non-hydrogen) atoms. The van der Waals surface area contributed by atoms with Crippen LogP contribution in [0.2, 0.25) is 0 Å². The van der Waals surface area contributed by atoms with Crippen molar-refractivity contribution in [1.82, 2.24) is 16.0 Å². The lowest BCUT2D eigenvalue weighted by Crippen LogP contribution is -2.44. The Hall–Kier alpha value is -13.3. The van der Waals surface area contributed by atoms with Gasteiger partial charge in [-0.05, 0) is 207 Å². The summed E-state index contributed by atoms with van der Waals surface area (Å²) in [4.78, 5) is 51.2. The van der Waals surface area contributed by atoms with Gasteiger partial charge in [0.2, 0.25) is 0 Å². The van der Waals surface area contributed by atoms with Gasteiger partial charge in [0.05, 0.1) is 10.5 Å². The van der Waals surface area contributed by atoms with Crippen LogP contribution in [-0.2, 0) is 45.1 Å². The van der Waals surface area contributed by atoms with Crippen molar-refractivity contribution in [3.8, 4) is 39.1 Å². The second-order valence-electron chi connectivity index (χ2n) is 28.9. The molecule has 0 aliphatic carbocycles. The van der Waals surface area contributed by atoms with Crippen LogP contribution in [0.5, 0.6) is 5.75 Å². The van der Waals surface area contributed by atoms with E-state index in [1.807, 2.05) is 243 Å². The number of nitro benzene ring substituents is 1. The number of carbonyl (C=O) groups excluding carboxylic acids is 3. The van der Waals surface area contributed by atoms with E-state index in [0.717, 1.165) is 83.5 Å². The van der Waals surface area contributed by atoms with E-state index >= 15 is 0 Å². The molecule has 0 aliphatic heterocycles. The third-order valence-corrected chi connectivity index (χ3v) is 20.5. The van der Waals surface area contributed by atoms with Gasteiger partial charge in [0.1, 0.15) is 5.75 Å². The van der Waals surface area contributed by atoms with Gasteiger partial charge in [-0.2, -0.15) is 0 Å². The molecule has 15 N–H and O–H groups in total. The number of aliphatic hydroxyl groups is 3. The van der Waals surface area contributed by atoms with Crippen molar-refractivity contribution in [3.63, 3.8) is 0 Å². The predicted molar refractivity (Wildman–Crippen MR) is 463 cm³/mol. The third kappa shape index (κ3) is 24.6. The number of nitrogens with zero attached hydrogens (tertiary/aromatic N) is 1. The van der Waals surface area contributed by atoms with Gasteiger partial charge in [-0.3, -0.25) is 24.5 Å². The van der Waals surface area contributed by atoms with Gasteiger partial charge >= 0.3 is 0 Å². The summed E-state index contributed by atoms with van der Waals surface area (Å²) in [6.45, 7) is 13.5. The summed E-state index contributed by atoms with van der Waals surface area (Å²) < 4.78 is 0. The Morgan fingerprint density at radius 1 is 0.357 bits per heavy atom. The highest BCUT2D eigenvalue weighted by Gasteiger charge is 2.29. The fourth-order valence-electron chi connectivity index (χ4n) is 13.9. The predicted octanol–water partition coefficient (Wildman–Crippen LogP) is 15.8. The van der Waals surface area contributed by atoms with E-state index in [-0.39, 0.29) is 84.9 Å². The minimum Gasteiger partial charge on any atom is -0.508 e. The molecule has 0 spiro atoms. The lowest BCUT2D eigenvalue weighted by molar-refractivity contribution is -0.384. The normalized spacial score (nSPS) is 12.4. The van der Waals surface area contributed by atoms with Crippen LogP contribution in [0, 0.1) is 34.8 Å². The zero-order valence-electron chi connectivity index (χ0n) is 64.6. The zero-order valence-corrected chi connectivity index (χ0v) is 64.6. The van der Waals surface area contributed by atoms with Gasteiger partial charge in [0.15, 0.2) is 0 Å². The van der Waals surface area contributed by atoms with Gasteiger partial charge in [-0.1, -0.05) is 244 Å². The van der Waals surface area contributed by atoms with Crippen LogP contribution in [0.15, 0.2) is 323 Å². The fourth-order valence-corrected chi connectivity index (χ4v) is 13.9. The maximum absolute atomic E-state index is 13.4. The Kier molecular flexibility index (Phi) is 30.6. The smallest absolute Gasteiger partial charge is 0.277 e. The number of nitrogens with one attached hydrogen (secondary N) is 3. The topological polar surface area (TPSA) is 315 Å².